The van der Waals surface area contributed by atoms with Crippen LogP contribution in [0.4, 0.5) is 0 Å². The summed E-state index contributed by atoms with van der Waals surface area (Å²) in [6.45, 7) is 7.13. The van der Waals surface area contributed by atoms with Crippen molar-refractivity contribution < 1.29 is 4.79 Å². The van der Waals surface area contributed by atoms with Gasteiger partial charge in [-0.1, -0.05) is 6.92 Å². The quantitative estimate of drug-likeness (QED) is 0.790. The third-order valence-electron chi connectivity index (χ3n) is 4.56. The second kappa shape index (κ2) is 5.57. The molecule has 104 valence electrons. The highest BCUT2D eigenvalue weighted by Crippen LogP contribution is 2.24. The lowest BCUT2D eigenvalue weighted by Gasteiger charge is -2.30. The maximum Gasteiger partial charge on any atom is 0.227 e. The molecule has 18 heavy (non-hydrogen) atoms. The molecule has 2 aliphatic heterocycles. The van der Waals surface area contributed by atoms with Gasteiger partial charge < -0.3 is 15.1 Å². The van der Waals surface area contributed by atoms with Crippen molar-refractivity contribution in [3.63, 3.8) is 0 Å². The van der Waals surface area contributed by atoms with Crippen LogP contribution in [0, 0.1) is 11.8 Å². The summed E-state index contributed by atoms with van der Waals surface area (Å²) in [5.74, 6) is 1.15. The lowest BCUT2D eigenvalue weighted by Crippen LogP contribution is -2.45. The molecular formula is C14H27N3O. The van der Waals surface area contributed by atoms with Crippen molar-refractivity contribution in [1.82, 2.24) is 15.1 Å². The van der Waals surface area contributed by atoms with Crippen molar-refractivity contribution in [2.45, 2.75) is 38.8 Å². The first-order chi connectivity index (χ1) is 8.49. The van der Waals surface area contributed by atoms with Crippen LogP contribution in [0.15, 0.2) is 0 Å². The molecule has 4 unspecified atom stereocenters. The Morgan fingerprint density at radius 2 is 1.94 bits per heavy atom. The van der Waals surface area contributed by atoms with E-state index in [1.807, 2.05) is 0 Å². The summed E-state index contributed by atoms with van der Waals surface area (Å²) >= 11 is 0. The Balaban J connectivity index is 1.91. The molecule has 0 saturated carbocycles. The van der Waals surface area contributed by atoms with Gasteiger partial charge in [0, 0.05) is 31.7 Å². The minimum Gasteiger partial charge on any atom is -0.341 e. The Kier molecular flexibility index (Phi) is 4.28. The van der Waals surface area contributed by atoms with Crippen LogP contribution in [0.5, 0.6) is 0 Å². The highest BCUT2D eigenvalue weighted by Gasteiger charge is 2.36. The predicted molar refractivity (Wildman–Crippen MR) is 73.4 cm³/mol. The Morgan fingerprint density at radius 1 is 1.22 bits per heavy atom. The van der Waals surface area contributed by atoms with Crippen molar-refractivity contribution in [3.05, 3.63) is 0 Å². The molecule has 2 heterocycles. The number of piperidine rings is 1. The molecule has 2 aliphatic rings. The molecule has 4 atom stereocenters. The number of carbonyl (C=O) groups excluding carboxylic acids is 1. The molecule has 0 aromatic carbocycles. The summed E-state index contributed by atoms with van der Waals surface area (Å²) in [6, 6.07) is 1.09. The van der Waals surface area contributed by atoms with Gasteiger partial charge in [0.25, 0.3) is 0 Å². The molecule has 2 saturated heterocycles. The Labute approximate surface area is 111 Å². The third-order valence-corrected chi connectivity index (χ3v) is 4.56. The van der Waals surface area contributed by atoms with E-state index in [4.69, 9.17) is 0 Å². The molecule has 0 aromatic rings. The molecule has 2 fully saturated rings. The van der Waals surface area contributed by atoms with Gasteiger partial charge in [0.15, 0.2) is 0 Å². The number of amides is 1. The van der Waals surface area contributed by atoms with Crippen molar-refractivity contribution >= 4 is 5.91 Å². The Bertz CT molecular complexity index is 297. The van der Waals surface area contributed by atoms with Crippen LogP contribution in [-0.2, 0) is 4.79 Å². The molecule has 0 bridgehead atoms. The Morgan fingerprint density at radius 3 is 2.44 bits per heavy atom. The largest absolute Gasteiger partial charge is 0.341 e. The van der Waals surface area contributed by atoms with Crippen LogP contribution in [0.1, 0.15) is 26.7 Å². The number of hydrogen-bond acceptors (Lipinski definition) is 3. The van der Waals surface area contributed by atoms with Crippen LogP contribution in [0.25, 0.3) is 0 Å². The van der Waals surface area contributed by atoms with E-state index < -0.39 is 0 Å². The second-order valence-corrected chi connectivity index (χ2v) is 6.34. The highest BCUT2D eigenvalue weighted by atomic mass is 16.2. The van der Waals surface area contributed by atoms with Gasteiger partial charge >= 0.3 is 0 Å². The normalized spacial score (nSPS) is 37.3. The van der Waals surface area contributed by atoms with E-state index in [9.17, 15) is 4.79 Å². The summed E-state index contributed by atoms with van der Waals surface area (Å²) in [7, 11) is 4.22. The van der Waals surface area contributed by atoms with Crippen LogP contribution in [0.2, 0.25) is 0 Å². The van der Waals surface area contributed by atoms with E-state index in [1.54, 1.807) is 0 Å². The fourth-order valence-corrected chi connectivity index (χ4v) is 3.27. The molecule has 0 spiro atoms. The highest BCUT2D eigenvalue weighted by molar-refractivity contribution is 5.79. The molecule has 2 rings (SSSR count). The molecule has 1 N–H and O–H groups in total. The smallest absolute Gasteiger partial charge is 0.227 e. The van der Waals surface area contributed by atoms with Crippen molar-refractivity contribution in [3.8, 4) is 0 Å². The zero-order chi connectivity index (χ0) is 13.3. The maximum atomic E-state index is 12.5. The zero-order valence-electron chi connectivity index (χ0n) is 12.1. The first-order valence-corrected chi connectivity index (χ1v) is 7.17. The monoisotopic (exact) mass is 253 g/mol. The van der Waals surface area contributed by atoms with Gasteiger partial charge in [-0.2, -0.15) is 0 Å². The lowest BCUT2D eigenvalue weighted by molar-refractivity contribution is -0.135. The predicted octanol–water partition coefficient (Wildman–Crippen LogP) is 0.783. The minimum absolute atomic E-state index is 0.203. The number of rotatable bonds is 2. The molecular weight excluding hydrogens is 226 g/mol. The number of hydrogen-bond donors (Lipinski definition) is 1. The molecule has 4 nitrogen and oxygen atoms in total. The molecule has 0 radical (unpaired) electrons. The van der Waals surface area contributed by atoms with Crippen molar-refractivity contribution in [1.29, 1.82) is 0 Å². The van der Waals surface area contributed by atoms with Crippen molar-refractivity contribution in [2.75, 3.05) is 33.7 Å². The summed E-state index contributed by atoms with van der Waals surface area (Å²) in [6.07, 6.45) is 2.17. The summed E-state index contributed by atoms with van der Waals surface area (Å²) in [4.78, 5) is 16.8. The Hall–Kier alpha value is -0.610. The van der Waals surface area contributed by atoms with Crippen LogP contribution in [-0.4, -0.2) is 61.5 Å². The van der Waals surface area contributed by atoms with E-state index in [2.05, 4.69) is 43.1 Å². The molecule has 1 amide bonds. The summed E-state index contributed by atoms with van der Waals surface area (Å²) in [5, 5.41) is 3.42. The molecule has 4 heteroatoms. The zero-order valence-corrected chi connectivity index (χ0v) is 12.1. The molecule has 0 aromatic heterocycles. The van der Waals surface area contributed by atoms with Crippen LogP contribution < -0.4 is 5.32 Å². The number of nitrogens with one attached hydrogen (secondary N) is 1. The van der Waals surface area contributed by atoms with Crippen LogP contribution >= 0.6 is 0 Å². The van der Waals surface area contributed by atoms with Gasteiger partial charge in [-0.15, -0.1) is 0 Å². The standard InChI is InChI=1S/C14H27N3O/c1-10-8-17(9-13(10)16(3)4)14(18)12-6-5-11(2)15-7-12/h10-13,15H,5-9H2,1-4H3. The lowest BCUT2D eigenvalue weighted by atomic mass is 9.94. The van der Waals surface area contributed by atoms with E-state index in [-0.39, 0.29) is 5.92 Å². The second-order valence-electron chi connectivity index (χ2n) is 6.34. The topological polar surface area (TPSA) is 35.6 Å². The fourth-order valence-electron chi connectivity index (χ4n) is 3.27. The van der Waals surface area contributed by atoms with Gasteiger partial charge in [0.05, 0.1) is 5.92 Å². The first kappa shape index (κ1) is 13.8. The van der Waals surface area contributed by atoms with Gasteiger partial charge in [0.2, 0.25) is 5.91 Å². The summed E-state index contributed by atoms with van der Waals surface area (Å²) in [5.41, 5.74) is 0. The SMILES string of the molecule is CC1CCC(C(=O)N2CC(C)C(N(C)C)C2)CN1. The summed E-state index contributed by atoms with van der Waals surface area (Å²) < 4.78 is 0. The van der Waals surface area contributed by atoms with E-state index in [1.165, 1.54) is 0 Å². The average Bonchev–Trinajstić information content (AvgIpc) is 2.71. The van der Waals surface area contributed by atoms with Gasteiger partial charge in [0.1, 0.15) is 0 Å². The number of carbonyl (C=O) groups is 1. The van der Waals surface area contributed by atoms with E-state index in [0.29, 0.717) is 23.9 Å². The fraction of sp³-hybridized carbons (Fsp3) is 0.929. The van der Waals surface area contributed by atoms with Gasteiger partial charge in [-0.05, 0) is 39.8 Å². The maximum absolute atomic E-state index is 12.5. The van der Waals surface area contributed by atoms with Gasteiger partial charge in [-0.25, -0.2) is 0 Å². The van der Waals surface area contributed by atoms with E-state index in [0.717, 1.165) is 32.5 Å². The number of nitrogens with zero attached hydrogens (tertiary/aromatic N) is 2. The number of likely N-dealkylation sites (N-methyl/N-ethyl adjacent to an activating group) is 1. The van der Waals surface area contributed by atoms with Gasteiger partial charge in [-0.3, -0.25) is 4.79 Å². The first-order valence-electron chi connectivity index (χ1n) is 7.17. The van der Waals surface area contributed by atoms with Crippen LogP contribution in [0.3, 0.4) is 0 Å². The minimum atomic E-state index is 0.203. The third kappa shape index (κ3) is 2.86. The van der Waals surface area contributed by atoms with Crippen molar-refractivity contribution in [2.24, 2.45) is 11.8 Å². The molecule has 0 aliphatic carbocycles. The van der Waals surface area contributed by atoms with E-state index >= 15 is 0 Å². The number of likely N-dealkylation sites (tertiary alicyclic amines) is 1. The average molecular weight is 253 g/mol.